The standard InChI is InChI=1S/C18H26N4OS2.HI/c1-3-16-13-22-17(24-16)9-10-20-18(19-2)21-11-12-25(23)14-15-7-5-4-6-8-15;/h4-8,13H,3,9-12,14H2,1-2H3,(H2,19,20,21);1H. The van der Waals surface area contributed by atoms with Crippen molar-refractivity contribution in [2.45, 2.75) is 25.5 Å². The van der Waals surface area contributed by atoms with Crippen molar-refractivity contribution < 1.29 is 4.21 Å². The molecule has 0 aliphatic rings. The minimum Gasteiger partial charge on any atom is -0.356 e. The lowest BCUT2D eigenvalue weighted by molar-refractivity contribution is 0.680. The van der Waals surface area contributed by atoms with E-state index in [1.165, 1.54) is 4.88 Å². The van der Waals surface area contributed by atoms with Gasteiger partial charge in [-0.15, -0.1) is 35.3 Å². The van der Waals surface area contributed by atoms with E-state index in [2.05, 4.69) is 27.5 Å². The number of hydrogen-bond acceptors (Lipinski definition) is 4. The van der Waals surface area contributed by atoms with Gasteiger partial charge < -0.3 is 10.6 Å². The van der Waals surface area contributed by atoms with Crippen LogP contribution in [0.1, 0.15) is 22.4 Å². The molecule has 5 nitrogen and oxygen atoms in total. The quantitative estimate of drug-likeness (QED) is 0.312. The molecule has 0 fully saturated rings. The van der Waals surface area contributed by atoms with Crippen LogP contribution in [0, 0.1) is 0 Å². The van der Waals surface area contributed by atoms with Gasteiger partial charge in [0, 0.05) is 59.9 Å². The van der Waals surface area contributed by atoms with Crippen LogP contribution in [0.25, 0.3) is 0 Å². The summed E-state index contributed by atoms with van der Waals surface area (Å²) in [6.07, 6.45) is 3.87. The van der Waals surface area contributed by atoms with Gasteiger partial charge in [0.05, 0.1) is 5.01 Å². The molecule has 0 saturated heterocycles. The highest BCUT2D eigenvalue weighted by Gasteiger charge is 2.04. The number of aliphatic imine (C=N–C) groups is 1. The van der Waals surface area contributed by atoms with Gasteiger partial charge in [0.15, 0.2) is 5.96 Å². The van der Waals surface area contributed by atoms with E-state index in [9.17, 15) is 4.21 Å². The minimum atomic E-state index is -0.877. The first-order chi connectivity index (χ1) is 12.2. The summed E-state index contributed by atoms with van der Waals surface area (Å²) in [7, 11) is 0.868. The fourth-order valence-electron chi connectivity index (χ4n) is 2.25. The SMILES string of the molecule is CCc1cnc(CCNC(=NC)NCCS(=O)Cc2ccccc2)s1.I. The Bertz CT molecular complexity index is 692. The average Bonchev–Trinajstić information content (AvgIpc) is 3.09. The molecule has 1 aromatic heterocycles. The minimum absolute atomic E-state index is 0. The number of nitrogens with zero attached hydrogens (tertiary/aromatic N) is 2. The lowest BCUT2D eigenvalue weighted by Crippen LogP contribution is -2.40. The molecule has 2 rings (SSSR count). The molecule has 2 N–H and O–H groups in total. The topological polar surface area (TPSA) is 66.4 Å². The Labute approximate surface area is 179 Å². The van der Waals surface area contributed by atoms with E-state index in [1.54, 1.807) is 18.4 Å². The third-order valence-electron chi connectivity index (χ3n) is 3.60. The third kappa shape index (κ3) is 8.59. The molecule has 0 spiro atoms. The molecule has 26 heavy (non-hydrogen) atoms. The lowest BCUT2D eigenvalue weighted by Gasteiger charge is -2.11. The maximum absolute atomic E-state index is 12.1. The van der Waals surface area contributed by atoms with E-state index in [1.807, 2.05) is 36.5 Å². The van der Waals surface area contributed by atoms with Crippen LogP contribution in [0.5, 0.6) is 0 Å². The fourth-order valence-corrected chi connectivity index (χ4v) is 4.15. The Hall–Kier alpha value is -1.000. The number of halogens is 1. The second-order valence-electron chi connectivity index (χ2n) is 5.52. The van der Waals surface area contributed by atoms with Gasteiger partial charge in [-0.3, -0.25) is 9.20 Å². The van der Waals surface area contributed by atoms with Crippen LogP contribution >= 0.6 is 35.3 Å². The number of aromatic nitrogens is 1. The largest absolute Gasteiger partial charge is 0.356 e. The normalized spacial score (nSPS) is 12.3. The van der Waals surface area contributed by atoms with E-state index in [0.29, 0.717) is 18.1 Å². The second kappa shape index (κ2) is 13.2. The molecule has 1 unspecified atom stereocenters. The predicted molar refractivity (Wildman–Crippen MR) is 123 cm³/mol. The van der Waals surface area contributed by atoms with E-state index < -0.39 is 10.8 Å². The number of rotatable bonds is 9. The molecule has 0 aliphatic carbocycles. The van der Waals surface area contributed by atoms with Gasteiger partial charge in [0.1, 0.15) is 0 Å². The molecule has 8 heteroatoms. The van der Waals surface area contributed by atoms with E-state index >= 15 is 0 Å². The summed E-state index contributed by atoms with van der Waals surface area (Å²) in [6.45, 7) is 3.56. The van der Waals surface area contributed by atoms with Crippen molar-refractivity contribution in [2.24, 2.45) is 4.99 Å². The number of benzene rings is 1. The molecule has 0 bridgehead atoms. The van der Waals surface area contributed by atoms with Crippen LogP contribution in [0.3, 0.4) is 0 Å². The lowest BCUT2D eigenvalue weighted by atomic mass is 10.2. The highest BCUT2D eigenvalue weighted by molar-refractivity contribution is 14.0. The van der Waals surface area contributed by atoms with E-state index in [0.717, 1.165) is 35.9 Å². The third-order valence-corrected chi connectivity index (χ3v) is 6.11. The van der Waals surface area contributed by atoms with Crippen LogP contribution in [0.2, 0.25) is 0 Å². The number of nitrogens with one attached hydrogen (secondary N) is 2. The Balaban J connectivity index is 0.00000338. The van der Waals surface area contributed by atoms with Crippen molar-refractivity contribution in [1.29, 1.82) is 0 Å². The molecule has 0 radical (unpaired) electrons. The zero-order chi connectivity index (χ0) is 17.9. The van der Waals surface area contributed by atoms with Crippen LogP contribution < -0.4 is 10.6 Å². The van der Waals surface area contributed by atoms with Crippen molar-refractivity contribution in [3.63, 3.8) is 0 Å². The molecular weight excluding hydrogens is 479 g/mol. The van der Waals surface area contributed by atoms with E-state index in [-0.39, 0.29) is 24.0 Å². The molecular formula is C18H27IN4OS2. The summed E-state index contributed by atoms with van der Waals surface area (Å²) in [4.78, 5) is 9.93. The van der Waals surface area contributed by atoms with Gasteiger partial charge in [-0.05, 0) is 12.0 Å². The molecule has 1 aromatic carbocycles. The molecule has 2 aromatic rings. The second-order valence-corrected chi connectivity index (χ2v) is 8.30. The van der Waals surface area contributed by atoms with Crippen molar-refractivity contribution in [2.75, 3.05) is 25.9 Å². The maximum atomic E-state index is 12.1. The number of thiazole rings is 1. The molecule has 0 amide bonds. The highest BCUT2D eigenvalue weighted by atomic mass is 127. The molecule has 1 atom stereocenters. The number of guanidine groups is 1. The Morgan fingerprint density at radius 2 is 1.96 bits per heavy atom. The highest BCUT2D eigenvalue weighted by Crippen LogP contribution is 2.13. The van der Waals surface area contributed by atoms with Gasteiger partial charge in [-0.2, -0.15) is 0 Å². The Kier molecular flexibility index (Phi) is 11.7. The number of hydrogen-bond donors (Lipinski definition) is 2. The van der Waals surface area contributed by atoms with Gasteiger partial charge in [0.2, 0.25) is 0 Å². The molecule has 144 valence electrons. The summed E-state index contributed by atoms with van der Waals surface area (Å²) in [5, 5.41) is 7.64. The van der Waals surface area contributed by atoms with Gasteiger partial charge >= 0.3 is 0 Å². The van der Waals surface area contributed by atoms with Crippen molar-refractivity contribution in [3.8, 4) is 0 Å². The monoisotopic (exact) mass is 506 g/mol. The molecule has 0 aliphatic heterocycles. The zero-order valence-electron chi connectivity index (χ0n) is 15.2. The predicted octanol–water partition coefficient (Wildman–Crippen LogP) is 2.98. The summed E-state index contributed by atoms with van der Waals surface area (Å²) in [5.41, 5.74) is 1.11. The molecule has 0 saturated carbocycles. The average molecular weight is 506 g/mol. The van der Waals surface area contributed by atoms with E-state index in [4.69, 9.17) is 0 Å². The van der Waals surface area contributed by atoms with Gasteiger partial charge in [-0.1, -0.05) is 37.3 Å². The zero-order valence-corrected chi connectivity index (χ0v) is 19.2. The van der Waals surface area contributed by atoms with Gasteiger partial charge in [0.25, 0.3) is 0 Å². The Morgan fingerprint density at radius 1 is 1.23 bits per heavy atom. The summed E-state index contributed by atoms with van der Waals surface area (Å²) in [5.74, 6) is 1.93. The van der Waals surface area contributed by atoms with Crippen molar-refractivity contribution in [3.05, 3.63) is 52.0 Å². The van der Waals surface area contributed by atoms with Crippen LogP contribution in [0.4, 0.5) is 0 Å². The smallest absolute Gasteiger partial charge is 0.191 e. The summed E-state index contributed by atoms with van der Waals surface area (Å²) in [6, 6.07) is 9.94. The van der Waals surface area contributed by atoms with Gasteiger partial charge in [-0.25, -0.2) is 4.98 Å². The first kappa shape index (κ1) is 23.0. The summed E-state index contributed by atoms with van der Waals surface area (Å²) < 4.78 is 12.1. The van der Waals surface area contributed by atoms with Crippen LogP contribution in [0.15, 0.2) is 41.5 Å². The van der Waals surface area contributed by atoms with Crippen molar-refractivity contribution in [1.82, 2.24) is 15.6 Å². The van der Waals surface area contributed by atoms with Crippen LogP contribution in [-0.4, -0.2) is 41.0 Å². The van der Waals surface area contributed by atoms with Crippen molar-refractivity contribution >= 4 is 52.1 Å². The first-order valence-electron chi connectivity index (χ1n) is 8.48. The summed E-state index contributed by atoms with van der Waals surface area (Å²) >= 11 is 1.76. The van der Waals surface area contributed by atoms with Crippen LogP contribution in [-0.2, 0) is 29.4 Å². The number of aryl methyl sites for hydroxylation is 1. The fraction of sp³-hybridized carbons (Fsp3) is 0.444. The Morgan fingerprint density at radius 3 is 2.62 bits per heavy atom. The maximum Gasteiger partial charge on any atom is 0.191 e. The molecule has 1 heterocycles. The first-order valence-corrected chi connectivity index (χ1v) is 10.8.